The van der Waals surface area contributed by atoms with E-state index in [0.717, 1.165) is 11.1 Å². The maximum Gasteiger partial charge on any atom is 0.274 e. The summed E-state index contributed by atoms with van der Waals surface area (Å²) in [6, 6.07) is 16.3. The van der Waals surface area contributed by atoms with E-state index in [0.29, 0.717) is 16.4 Å². The number of carbonyl (C=O) groups is 2. The Balaban J connectivity index is 1.83. The predicted molar refractivity (Wildman–Crippen MR) is 111 cm³/mol. The van der Waals surface area contributed by atoms with Gasteiger partial charge in [-0.15, -0.1) is 0 Å². The fraction of sp³-hybridized carbons (Fsp3) is 0.0476. The first-order valence-corrected chi connectivity index (χ1v) is 9.12. The molecule has 4 aromatic rings. The van der Waals surface area contributed by atoms with Gasteiger partial charge < -0.3 is 11.1 Å². The fourth-order valence-corrected chi connectivity index (χ4v) is 3.14. The third-order valence-electron chi connectivity index (χ3n) is 4.47. The third kappa shape index (κ3) is 3.55. The van der Waals surface area contributed by atoms with Crippen molar-refractivity contribution >= 4 is 34.7 Å². The molecule has 0 fully saturated rings. The number of carbonyl (C=O) groups excluding carboxylic acids is 2. The van der Waals surface area contributed by atoms with Crippen molar-refractivity contribution in [1.29, 1.82) is 0 Å². The summed E-state index contributed by atoms with van der Waals surface area (Å²) in [6.07, 6.45) is 1.46. The number of halogens is 1. The molecule has 8 heteroatoms. The van der Waals surface area contributed by atoms with E-state index < -0.39 is 11.8 Å². The van der Waals surface area contributed by atoms with Gasteiger partial charge in [-0.3, -0.25) is 14.0 Å². The van der Waals surface area contributed by atoms with Crippen LogP contribution in [0.3, 0.4) is 0 Å². The molecule has 0 saturated carbocycles. The summed E-state index contributed by atoms with van der Waals surface area (Å²) in [6.45, 7) is 1.88. The van der Waals surface area contributed by atoms with Crippen LogP contribution in [0, 0.1) is 6.92 Å². The highest BCUT2D eigenvalue weighted by Gasteiger charge is 2.19. The lowest BCUT2D eigenvalue weighted by Gasteiger charge is -2.10. The molecule has 0 saturated heterocycles. The van der Waals surface area contributed by atoms with Crippen molar-refractivity contribution in [1.82, 2.24) is 14.4 Å². The molecule has 0 aliphatic heterocycles. The van der Waals surface area contributed by atoms with Gasteiger partial charge in [-0.25, -0.2) is 9.97 Å². The molecular formula is C21H16ClN5O2. The lowest BCUT2D eigenvalue weighted by Crippen LogP contribution is -2.17. The summed E-state index contributed by atoms with van der Waals surface area (Å²) in [5, 5.41) is 3.32. The average molecular weight is 406 g/mol. The van der Waals surface area contributed by atoms with Crippen LogP contribution in [0.25, 0.3) is 16.9 Å². The normalized spacial score (nSPS) is 10.8. The van der Waals surface area contributed by atoms with Crippen LogP contribution in [0.15, 0.2) is 60.9 Å². The number of anilines is 1. The van der Waals surface area contributed by atoms with Crippen LogP contribution in [0.2, 0.25) is 5.02 Å². The zero-order valence-corrected chi connectivity index (χ0v) is 16.1. The lowest BCUT2D eigenvalue weighted by molar-refractivity contribution is 0.0993. The number of rotatable bonds is 4. The van der Waals surface area contributed by atoms with Crippen LogP contribution in [0.1, 0.15) is 26.5 Å². The second-order valence-corrected chi connectivity index (χ2v) is 6.87. The molecule has 2 aromatic carbocycles. The first-order valence-electron chi connectivity index (χ1n) is 8.75. The molecule has 2 amide bonds. The van der Waals surface area contributed by atoms with E-state index in [1.54, 1.807) is 22.6 Å². The highest BCUT2D eigenvalue weighted by Crippen LogP contribution is 2.24. The highest BCUT2D eigenvalue weighted by atomic mass is 35.5. The van der Waals surface area contributed by atoms with E-state index >= 15 is 0 Å². The molecule has 29 heavy (non-hydrogen) atoms. The van der Waals surface area contributed by atoms with Crippen LogP contribution < -0.4 is 11.1 Å². The Labute approximate surface area is 171 Å². The monoisotopic (exact) mass is 405 g/mol. The standard InChI is InChI=1S/C21H16ClN5O2/c1-12-7-8-14(9-15(12)22)25-21(29)16-10-17(13-5-3-2-4-6-13)27-11-24-18(19(23)28)20(27)26-16/h2-11H,1H3,(H2,23,28)(H,25,29). The number of nitrogens with two attached hydrogens (primary N) is 1. The van der Waals surface area contributed by atoms with E-state index in [1.807, 2.05) is 43.3 Å². The topological polar surface area (TPSA) is 102 Å². The molecule has 4 rings (SSSR count). The predicted octanol–water partition coefficient (Wildman–Crippen LogP) is 3.71. The number of benzene rings is 2. The van der Waals surface area contributed by atoms with Gasteiger partial charge in [0.15, 0.2) is 11.3 Å². The maximum atomic E-state index is 12.9. The van der Waals surface area contributed by atoms with E-state index in [1.165, 1.54) is 6.33 Å². The lowest BCUT2D eigenvalue weighted by atomic mass is 10.1. The van der Waals surface area contributed by atoms with Gasteiger partial charge in [0.2, 0.25) is 0 Å². The number of nitrogens with one attached hydrogen (secondary N) is 1. The zero-order valence-electron chi connectivity index (χ0n) is 15.4. The van der Waals surface area contributed by atoms with Gasteiger partial charge >= 0.3 is 0 Å². The van der Waals surface area contributed by atoms with Gasteiger partial charge in [-0.05, 0) is 36.2 Å². The summed E-state index contributed by atoms with van der Waals surface area (Å²) in [7, 11) is 0. The maximum absolute atomic E-state index is 12.9. The van der Waals surface area contributed by atoms with Crippen molar-refractivity contribution in [2.75, 3.05) is 5.32 Å². The van der Waals surface area contributed by atoms with Gasteiger partial charge in [0.25, 0.3) is 11.8 Å². The van der Waals surface area contributed by atoms with Gasteiger partial charge in [-0.2, -0.15) is 0 Å². The Morgan fingerprint density at radius 1 is 1.10 bits per heavy atom. The quantitative estimate of drug-likeness (QED) is 0.540. The molecule has 7 nitrogen and oxygen atoms in total. The number of aromatic nitrogens is 3. The SMILES string of the molecule is Cc1ccc(NC(=O)c2cc(-c3ccccc3)n3cnc(C(N)=O)c3n2)cc1Cl. The van der Waals surface area contributed by atoms with E-state index in [9.17, 15) is 9.59 Å². The molecule has 0 bridgehead atoms. The van der Waals surface area contributed by atoms with Crippen molar-refractivity contribution in [3.8, 4) is 11.3 Å². The van der Waals surface area contributed by atoms with Gasteiger partial charge in [-0.1, -0.05) is 48.0 Å². The smallest absolute Gasteiger partial charge is 0.274 e. The molecule has 2 heterocycles. The minimum atomic E-state index is -0.720. The van der Waals surface area contributed by atoms with Crippen LogP contribution >= 0.6 is 11.6 Å². The summed E-state index contributed by atoms with van der Waals surface area (Å²) in [5.74, 6) is -1.16. The first-order chi connectivity index (χ1) is 13.9. The summed E-state index contributed by atoms with van der Waals surface area (Å²) in [5.41, 5.74) is 8.69. The molecule has 0 aliphatic carbocycles. The Kier molecular flexibility index (Phi) is 4.74. The molecule has 0 radical (unpaired) electrons. The summed E-state index contributed by atoms with van der Waals surface area (Å²) >= 11 is 6.14. The Hall–Kier alpha value is -3.71. The second kappa shape index (κ2) is 7.37. The van der Waals surface area contributed by atoms with Gasteiger partial charge in [0.05, 0.1) is 5.69 Å². The summed E-state index contributed by atoms with van der Waals surface area (Å²) < 4.78 is 1.63. The average Bonchev–Trinajstić information content (AvgIpc) is 3.15. The Morgan fingerprint density at radius 3 is 2.55 bits per heavy atom. The fourth-order valence-electron chi connectivity index (χ4n) is 2.96. The van der Waals surface area contributed by atoms with Crippen LogP contribution in [-0.2, 0) is 0 Å². The number of aryl methyl sites for hydroxylation is 1. The molecule has 0 spiro atoms. The third-order valence-corrected chi connectivity index (χ3v) is 4.87. The second-order valence-electron chi connectivity index (χ2n) is 6.46. The number of hydrogen-bond acceptors (Lipinski definition) is 4. The number of nitrogens with zero attached hydrogens (tertiary/aromatic N) is 3. The molecule has 0 aliphatic rings. The number of imidazole rings is 1. The van der Waals surface area contributed by atoms with E-state index in [4.69, 9.17) is 17.3 Å². The first kappa shape index (κ1) is 18.6. The molecular weight excluding hydrogens is 390 g/mol. The minimum absolute atomic E-state index is 0.00443. The van der Waals surface area contributed by atoms with Crippen molar-refractivity contribution in [3.63, 3.8) is 0 Å². The largest absolute Gasteiger partial charge is 0.364 e. The molecule has 0 unspecified atom stereocenters. The number of hydrogen-bond donors (Lipinski definition) is 2. The van der Waals surface area contributed by atoms with Gasteiger partial charge in [0.1, 0.15) is 12.0 Å². The Morgan fingerprint density at radius 2 is 1.86 bits per heavy atom. The molecule has 2 aromatic heterocycles. The van der Waals surface area contributed by atoms with E-state index in [-0.39, 0.29) is 17.0 Å². The molecule has 3 N–H and O–H groups in total. The Bertz CT molecular complexity index is 1250. The van der Waals surface area contributed by atoms with Crippen LogP contribution in [0.4, 0.5) is 5.69 Å². The van der Waals surface area contributed by atoms with Crippen molar-refractivity contribution in [2.24, 2.45) is 5.73 Å². The molecule has 144 valence electrons. The number of primary amides is 1. The minimum Gasteiger partial charge on any atom is -0.364 e. The van der Waals surface area contributed by atoms with E-state index in [2.05, 4.69) is 15.3 Å². The molecule has 0 atom stereocenters. The van der Waals surface area contributed by atoms with Crippen molar-refractivity contribution < 1.29 is 9.59 Å². The summed E-state index contributed by atoms with van der Waals surface area (Å²) in [4.78, 5) is 33.0. The van der Waals surface area contributed by atoms with Crippen molar-refractivity contribution in [3.05, 3.63) is 82.9 Å². The number of amides is 2. The highest BCUT2D eigenvalue weighted by molar-refractivity contribution is 6.31. The van der Waals surface area contributed by atoms with Crippen LogP contribution in [-0.4, -0.2) is 26.2 Å². The van der Waals surface area contributed by atoms with Crippen molar-refractivity contribution in [2.45, 2.75) is 6.92 Å². The zero-order chi connectivity index (χ0) is 20.5. The number of fused-ring (bicyclic) bond motifs is 1. The van der Waals surface area contributed by atoms with Crippen LogP contribution in [0.5, 0.6) is 0 Å². The van der Waals surface area contributed by atoms with Gasteiger partial charge in [0, 0.05) is 10.7 Å².